The summed E-state index contributed by atoms with van der Waals surface area (Å²) >= 11 is 0. The second-order valence-corrected chi connectivity index (χ2v) is 4.02. The Morgan fingerprint density at radius 1 is 1.24 bits per heavy atom. The van der Waals surface area contributed by atoms with Crippen molar-refractivity contribution < 1.29 is 22.7 Å². The van der Waals surface area contributed by atoms with Crippen LogP contribution in [0, 0.1) is 0 Å². The van der Waals surface area contributed by atoms with E-state index < -0.39 is 18.8 Å². The molecule has 0 bridgehead atoms. The molecule has 0 spiro atoms. The molecule has 0 aliphatic rings. The predicted octanol–water partition coefficient (Wildman–Crippen LogP) is 4.01. The highest BCUT2D eigenvalue weighted by Gasteiger charge is 2.29. The van der Waals surface area contributed by atoms with Crippen LogP contribution in [0.5, 0.6) is 0 Å². The van der Waals surface area contributed by atoms with Crippen LogP contribution in [-0.4, -0.2) is 18.8 Å². The Kier molecular flexibility index (Phi) is 7.66. The summed E-state index contributed by atoms with van der Waals surface area (Å²) < 4.78 is 39.3. The minimum Gasteiger partial charge on any atom is -0.453 e. The largest absolute Gasteiger partial charge is 0.453 e. The van der Waals surface area contributed by atoms with Crippen LogP contribution in [0.2, 0.25) is 0 Å². The third-order valence-electron chi connectivity index (χ3n) is 2.17. The zero-order chi connectivity index (χ0) is 13.3. The van der Waals surface area contributed by atoms with Crippen LogP contribution < -0.4 is 0 Å². The lowest BCUT2D eigenvalue weighted by molar-refractivity contribution is -0.182. The maximum atomic E-state index is 11.7. The van der Waals surface area contributed by atoms with E-state index in [0.717, 1.165) is 43.8 Å². The number of carbonyl (C=O) groups is 1. The molecule has 0 aromatic carbocycles. The van der Waals surface area contributed by atoms with E-state index in [0.29, 0.717) is 0 Å². The number of hydrogen-bond donors (Lipinski definition) is 0. The summed E-state index contributed by atoms with van der Waals surface area (Å²) in [6, 6.07) is 0. The van der Waals surface area contributed by atoms with Gasteiger partial charge in [0.2, 0.25) is 0 Å². The maximum absolute atomic E-state index is 11.7. The maximum Gasteiger partial charge on any atom is 0.422 e. The molecule has 0 aliphatic carbocycles. The first-order valence-electron chi connectivity index (χ1n) is 5.76. The minimum absolute atomic E-state index is 0.723. The molecule has 0 radical (unpaired) electrons. The lowest BCUT2D eigenvalue weighted by Gasteiger charge is -2.06. The molecular weight excluding hydrogens is 233 g/mol. The van der Waals surface area contributed by atoms with Gasteiger partial charge in [0.1, 0.15) is 0 Å². The molecule has 0 saturated heterocycles. The van der Waals surface area contributed by atoms with E-state index in [1.165, 1.54) is 0 Å². The average molecular weight is 252 g/mol. The van der Waals surface area contributed by atoms with Crippen LogP contribution in [-0.2, 0) is 9.53 Å². The van der Waals surface area contributed by atoms with Crippen LogP contribution in [0.15, 0.2) is 11.6 Å². The van der Waals surface area contributed by atoms with E-state index in [1.807, 2.05) is 0 Å². The van der Waals surface area contributed by atoms with E-state index in [-0.39, 0.29) is 0 Å². The van der Waals surface area contributed by atoms with Crippen molar-refractivity contribution in [3.8, 4) is 0 Å². The van der Waals surface area contributed by atoms with Crippen LogP contribution in [0.3, 0.4) is 0 Å². The highest BCUT2D eigenvalue weighted by atomic mass is 19.4. The molecule has 0 aliphatic heterocycles. The fourth-order valence-corrected chi connectivity index (χ4v) is 1.30. The number of alkyl halides is 3. The average Bonchev–Trinajstić information content (AvgIpc) is 2.21. The second kappa shape index (κ2) is 8.14. The van der Waals surface area contributed by atoms with Crippen molar-refractivity contribution in [2.24, 2.45) is 0 Å². The highest BCUT2D eigenvalue weighted by molar-refractivity contribution is 5.82. The fourth-order valence-electron chi connectivity index (χ4n) is 1.30. The first-order chi connectivity index (χ1) is 7.85. The number of carbonyl (C=O) groups excluding carboxylic acids is 1. The molecule has 100 valence electrons. The quantitative estimate of drug-likeness (QED) is 0.389. The summed E-state index contributed by atoms with van der Waals surface area (Å²) in [6.45, 7) is 2.30. The Morgan fingerprint density at radius 3 is 2.41 bits per heavy atom. The van der Waals surface area contributed by atoms with Gasteiger partial charge in [-0.15, -0.1) is 0 Å². The molecular formula is C12H19F3O2. The van der Waals surface area contributed by atoms with Gasteiger partial charge in [-0.2, -0.15) is 13.2 Å². The van der Waals surface area contributed by atoms with E-state index in [9.17, 15) is 18.0 Å². The van der Waals surface area contributed by atoms with Crippen molar-refractivity contribution in [3.63, 3.8) is 0 Å². The van der Waals surface area contributed by atoms with Crippen molar-refractivity contribution in [1.29, 1.82) is 0 Å². The molecule has 0 aromatic heterocycles. The van der Waals surface area contributed by atoms with E-state index in [2.05, 4.69) is 11.7 Å². The molecule has 0 atom stereocenters. The molecule has 2 nitrogen and oxygen atoms in total. The van der Waals surface area contributed by atoms with Crippen molar-refractivity contribution in [2.75, 3.05) is 6.61 Å². The zero-order valence-corrected chi connectivity index (χ0v) is 10.3. The SMILES string of the molecule is CCCCCC/C(C)=C/C(=O)OCC(F)(F)F. The Labute approximate surface area is 99.8 Å². The standard InChI is InChI=1S/C12H19F3O2/c1-3-4-5-6-7-10(2)8-11(16)17-9-12(13,14)15/h8H,3-7,9H2,1-2H3/b10-8+. The summed E-state index contributed by atoms with van der Waals surface area (Å²) in [6.07, 6.45) is 1.67. The van der Waals surface area contributed by atoms with Crippen LogP contribution in [0.1, 0.15) is 46.0 Å². The molecule has 0 amide bonds. The third-order valence-corrected chi connectivity index (χ3v) is 2.17. The van der Waals surface area contributed by atoms with Gasteiger partial charge in [-0.3, -0.25) is 0 Å². The van der Waals surface area contributed by atoms with Crippen molar-refractivity contribution >= 4 is 5.97 Å². The number of halogens is 3. The van der Waals surface area contributed by atoms with Crippen molar-refractivity contribution in [1.82, 2.24) is 0 Å². The number of hydrogen-bond acceptors (Lipinski definition) is 2. The predicted molar refractivity (Wildman–Crippen MR) is 59.5 cm³/mol. The molecule has 0 fully saturated rings. The van der Waals surface area contributed by atoms with Gasteiger partial charge >= 0.3 is 12.1 Å². The normalized spacial score (nSPS) is 12.6. The topological polar surface area (TPSA) is 26.3 Å². The number of esters is 1. The van der Waals surface area contributed by atoms with E-state index >= 15 is 0 Å². The summed E-state index contributed by atoms with van der Waals surface area (Å²) in [4.78, 5) is 11.0. The molecule has 0 aromatic rings. The van der Waals surface area contributed by atoms with Gasteiger partial charge in [0.25, 0.3) is 0 Å². The van der Waals surface area contributed by atoms with Crippen molar-refractivity contribution in [2.45, 2.75) is 52.1 Å². The lowest BCUT2D eigenvalue weighted by atomic mass is 10.1. The monoisotopic (exact) mass is 252 g/mol. The number of allylic oxidation sites excluding steroid dienone is 1. The Morgan fingerprint density at radius 2 is 1.88 bits per heavy atom. The first kappa shape index (κ1) is 16.0. The molecule has 0 rings (SSSR count). The Balaban J connectivity index is 3.82. The first-order valence-corrected chi connectivity index (χ1v) is 5.76. The molecule has 0 saturated carbocycles. The van der Waals surface area contributed by atoms with Crippen molar-refractivity contribution in [3.05, 3.63) is 11.6 Å². The Bertz CT molecular complexity index is 257. The summed E-state index contributed by atoms with van der Waals surface area (Å²) in [5.74, 6) is -0.921. The second-order valence-electron chi connectivity index (χ2n) is 4.02. The van der Waals surface area contributed by atoms with Gasteiger partial charge in [0.15, 0.2) is 6.61 Å². The smallest absolute Gasteiger partial charge is 0.422 e. The van der Waals surface area contributed by atoms with Gasteiger partial charge in [0, 0.05) is 6.08 Å². The number of rotatable bonds is 7. The molecule has 5 heteroatoms. The third kappa shape index (κ3) is 11.3. The lowest BCUT2D eigenvalue weighted by Crippen LogP contribution is -2.19. The van der Waals surface area contributed by atoms with E-state index in [1.54, 1.807) is 6.92 Å². The van der Waals surface area contributed by atoms with Crippen LogP contribution >= 0.6 is 0 Å². The summed E-state index contributed by atoms with van der Waals surface area (Å²) in [5.41, 5.74) is 0.758. The Hall–Kier alpha value is -1.00. The fraction of sp³-hybridized carbons (Fsp3) is 0.750. The molecule has 0 heterocycles. The van der Waals surface area contributed by atoms with Crippen LogP contribution in [0.4, 0.5) is 13.2 Å². The molecule has 17 heavy (non-hydrogen) atoms. The zero-order valence-electron chi connectivity index (χ0n) is 10.3. The van der Waals surface area contributed by atoms with Gasteiger partial charge in [-0.1, -0.05) is 31.8 Å². The highest BCUT2D eigenvalue weighted by Crippen LogP contribution is 2.15. The minimum atomic E-state index is -4.46. The van der Waals surface area contributed by atoms with Crippen LogP contribution in [0.25, 0.3) is 0 Å². The summed E-state index contributed by atoms with van der Waals surface area (Å²) in [7, 11) is 0. The number of ether oxygens (including phenoxy) is 1. The van der Waals surface area contributed by atoms with Gasteiger partial charge in [0.05, 0.1) is 0 Å². The van der Waals surface area contributed by atoms with Gasteiger partial charge in [-0.25, -0.2) is 4.79 Å². The van der Waals surface area contributed by atoms with E-state index in [4.69, 9.17) is 0 Å². The van der Waals surface area contributed by atoms with Gasteiger partial charge in [-0.05, 0) is 19.8 Å². The van der Waals surface area contributed by atoms with Gasteiger partial charge < -0.3 is 4.74 Å². The molecule has 0 N–H and O–H groups in total. The number of unbranched alkanes of at least 4 members (excludes halogenated alkanes) is 3. The molecule has 0 unspecified atom stereocenters. The summed E-state index contributed by atoms with van der Waals surface area (Å²) in [5, 5.41) is 0.